The standard InChI is InChI=1S/C55H82O7/c1-8-15-20-25-32-58-50-38-45-44(37-43(50)30-31-55(56-13-6)57-14-7)46-39-51(59-33-26-21-16-9-2)53(61-35-28-23-18-11-4)41-48(46)49-42-54(62-36-29-24-19-12-5)52(40-47(45)49)60-34-27-22-17-10-3/h37-42,55H,8-29,32-36H2,1-7H3. The van der Waals surface area contributed by atoms with Gasteiger partial charge in [-0.15, -0.1) is 0 Å². The average Bonchev–Trinajstić information content (AvgIpc) is 3.28. The van der Waals surface area contributed by atoms with Crippen LogP contribution in [-0.2, 0) is 9.47 Å². The Balaban J connectivity index is 2.02. The van der Waals surface area contributed by atoms with E-state index in [-0.39, 0.29) is 0 Å². The van der Waals surface area contributed by atoms with Gasteiger partial charge in [-0.1, -0.05) is 137 Å². The minimum absolute atomic E-state index is 0.506. The number of rotatable bonds is 34. The third-order valence-electron chi connectivity index (χ3n) is 11.4. The van der Waals surface area contributed by atoms with Gasteiger partial charge in [0.1, 0.15) is 5.75 Å². The third kappa shape index (κ3) is 16.4. The summed E-state index contributed by atoms with van der Waals surface area (Å²) < 4.78 is 45.0. The second kappa shape index (κ2) is 30.3. The van der Waals surface area contributed by atoms with Gasteiger partial charge in [-0.25, -0.2) is 0 Å². The molecule has 4 aromatic rings. The van der Waals surface area contributed by atoms with Crippen LogP contribution in [0.25, 0.3) is 32.3 Å². The molecular weight excluding hydrogens is 773 g/mol. The van der Waals surface area contributed by atoms with E-state index >= 15 is 0 Å². The van der Waals surface area contributed by atoms with Gasteiger partial charge in [0.15, 0.2) is 23.0 Å². The molecule has 0 bridgehead atoms. The fourth-order valence-electron chi connectivity index (χ4n) is 7.83. The van der Waals surface area contributed by atoms with Crippen LogP contribution in [0.1, 0.15) is 182 Å². The van der Waals surface area contributed by atoms with E-state index in [0.717, 1.165) is 131 Å². The van der Waals surface area contributed by atoms with Crippen LogP contribution < -0.4 is 23.7 Å². The molecule has 0 saturated heterocycles. The summed E-state index contributed by atoms with van der Waals surface area (Å²) in [6.07, 6.45) is 22.0. The van der Waals surface area contributed by atoms with Crippen molar-refractivity contribution in [3.8, 4) is 40.6 Å². The van der Waals surface area contributed by atoms with E-state index in [1.165, 1.54) is 64.2 Å². The third-order valence-corrected chi connectivity index (χ3v) is 11.4. The molecule has 0 spiro atoms. The molecule has 4 rings (SSSR count). The van der Waals surface area contributed by atoms with Crippen molar-refractivity contribution in [1.29, 1.82) is 0 Å². The van der Waals surface area contributed by atoms with Crippen LogP contribution in [0.4, 0.5) is 0 Å². The summed E-state index contributed by atoms with van der Waals surface area (Å²) in [5.41, 5.74) is 0.802. The van der Waals surface area contributed by atoms with Crippen LogP contribution in [0.5, 0.6) is 28.7 Å². The first-order chi connectivity index (χ1) is 30.5. The monoisotopic (exact) mass is 855 g/mol. The van der Waals surface area contributed by atoms with Gasteiger partial charge < -0.3 is 33.2 Å². The van der Waals surface area contributed by atoms with Crippen molar-refractivity contribution in [2.75, 3.05) is 46.2 Å². The minimum atomic E-state index is -0.631. The van der Waals surface area contributed by atoms with Crippen molar-refractivity contribution in [2.24, 2.45) is 0 Å². The summed E-state index contributed by atoms with van der Waals surface area (Å²) in [4.78, 5) is 0. The van der Waals surface area contributed by atoms with Gasteiger partial charge in [0.25, 0.3) is 0 Å². The lowest BCUT2D eigenvalue weighted by Gasteiger charge is -2.20. The Morgan fingerprint density at radius 3 is 0.903 bits per heavy atom. The smallest absolute Gasteiger partial charge is 0.222 e. The van der Waals surface area contributed by atoms with Gasteiger partial charge in [-0.05, 0) is 121 Å². The summed E-state index contributed by atoms with van der Waals surface area (Å²) in [6.45, 7) is 19.3. The molecule has 0 aliphatic carbocycles. The predicted molar refractivity (Wildman–Crippen MR) is 261 cm³/mol. The Morgan fingerprint density at radius 2 is 0.613 bits per heavy atom. The molecule has 0 aromatic heterocycles. The first-order valence-corrected chi connectivity index (χ1v) is 25.0. The number of benzene rings is 4. The quantitative estimate of drug-likeness (QED) is 0.0201. The maximum atomic E-state index is 6.66. The molecule has 0 radical (unpaired) electrons. The number of unbranched alkanes of at least 4 members (excludes halogenated alkanes) is 15. The molecular formula is C55H82O7. The molecule has 0 N–H and O–H groups in total. The van der Waals surface area contributed by atoms with Crippen molar-refractivity contribution in [3.63, 3.8) is 0 Å². The van der Waals surface area contributed by atoms with Crippen molar-refractivity contribution in [2.45, 2.75) is 183 Å². The molecule has 4 aromatic carbocycles. The van der Waals surface area contributed by atoms with E-state index in [4.69, 9.17) is 33.2 Å². The Morgan fingerprint density at radius 1 is 0.339 bits per heavy atom. The maximum absolute atomic E-state index is 6.66. The first-order valence-electron chi connectivity index (χ1n) is 25.0. The molecule has 0 atom stereocenters. The van der Waals surface area contributed by atoms with E-state index in [0.29, 0.717) is 46.2 Å². The van der Waals surface area contributed by atoms with Crippen LogP contribution in [0.3, 0.4) is 0 Å². The molecule has 0 saturated carbocycles. The van der Waals surface area contributed by atoms with Gasteiger partial charge in [-0.3, -0.25) is 0 Å². The second-order valence-electron chi connectivity index (χ2n) is 16.6. The Labute approximate surface area is 376 Å². The van der Waals surface area contributed by atoms with Gasteiger partial charge in [0, 0.05) is 13.2 Å². The Hall–Kier alpha value is -3.86. The lowest BCUT2D eigenvalue weighted by molar-refractivity contribution is -0.0969. The topological polar surface area (TPSA) is 64.6 Å². The molecule has 0 amide bonds. The largest absolute Gasteiger partial charge is 0.492 e. The molecule has 0 unspecified atom stereocenters. The molecule has 0 fully saturated rings. The number of hydrogen-bond acceptors (Lipinski definition) is 7. The molecule has 62 heavy (non-hydrogen) atoms. The van der Waals surface area contributed by atoms with Crippen LogP contribution >= 0.6 is 0 Å². The molecule has 7 nitrogen and oxygen atoms in total. The second-order valence-corrected chi connectivity index (χ2v) is 16.6. The van der Waals surface area contributed by atoms with Gasteiger partial charge >= 0.3 is 0 Å². The van der Waals surface area contributed by atoms with Gasteiger partial charge in [0.2, 0.25) is 6.29 Å². The van der Waals surface area contributed by atoms with E-state index in [1.807, 2.05) is 13.8 Å². The molecule has 0 aliphatic heterocycles. The summed E-state index contributed by atoms with van der Waals surface area (Å²) in [7, 11) is 0. The van der Waals surface area contributed by atoms with Crippen molar-refractivity contribution >= 4 is 32.3 Å². The highest BCUT2D eigenvalue weighted by Gasteiger charge is 2.20. The van der Waals surface area contributed by atoms with E-state index in [1.54, 1.807) is 0 Å². The van der Waals surface area contributed by atoms with Crippen LogP contribution in [0.2, 0.25) is 0 Å². The zero-order valence-corrected chi connectivity index (χ0v) is 40.0. The van der Waals surface area contributed by atoms with Crippen LogP contribution in [-0.4, -0.2) is 52.5 Å². The summed E-state index contributed by atoms with van der Waals surface area (Å²) in [6, 6.07) is 13.2. The highest BCUT2D eigenvalue weighted by molar-refractivity contribution is 6.26. The van der Waals surface area contributed by atoms with E-state index < -0.39 is 6.29 Å². The highest BCUT2D eigenvalue weighted by Crippen LogP contribution is 2.46. The van der Waals surface area contributed by atoms with Crippen molar-refractivity contribution < 1.29 is 33.2 Å². The zero-order chi connectivity index (χ0) is 44.2. The van der Waals surface area contributed by atoms with Crippen molar-refractivity contribution in [3.05, 3.63) is 42.0 Å². The molecule has 344 valence electrons. The fraction of sp³-hybridized carbons (Fsp3) is 0.636. The van der Waals surface area contributed by atoms with Crippen LogP contribution in [0, 0.1) is 11.8 Å². The lowest BCUT2D eigenvalue weighted by atomic mass is 9.92. The first kappa shape index (κ1) is 50.8. The summed E-state index contributed by atoms with van der Waals surface area (Å²) in [5.74, 6) is 10.6. The molecule has 0 heterocycles. The van der Waals surface area contributed by atoms with Gasteiger partial charge in [0.05, 0.1) is 38.6 Å². The zero-order valence-electron chi connectivity index (χ0n) is 40.0. The van der Waals surface area contributed by atoms with E-state index in [9.17, 15) is 0 Å². The fourth-order valence-corrected chi connectivity index (χ4v) is 7.83. The average molecular weight is 855 g/mol. The molecule has 0 aliphatic rings. The molecule has 7 heteroatoms. The van der Waals surface area contributed by atoms with E-state index in [2.05, 4.69) is 82.9 Å². The minimum Gasteiger partial charge on any atom is -0.492 e. The normalized spacial score (nSPS) is 11.4. The summed E-state index contributed by atoms with van der Waals surface area (Å²) in [5, 5.41) is 6.44. The summed E-state index contributed by atoms with van der Waals surface area (Å²) >= 11 is 0. The Kier molecular flexibility index (Phi) is 24.8. The Bertz CT molecular complexity index is 1870. The predicted octanol–water partition coefficient (Wildman–Crippen LogP) is 15.7. The maximum Gasteiger partial charge on any atom is 0.222 e. The SMILES string of the molecule is CCCCCCOc1cc2c(cc1C#CC(OCC)OCC)c1cc(OCCCCCC)c(OCCCCCC)cc1c1cc(OCCCCCC)c(OCCCCCC)cc21. The van der Waals surface area contributed by atoms with Crippen LogP contribution in [0.15, 0.2) is 36.4 Å². The number of ether oxygens (including phenoxy) is 7. The number of fused-ring (bicyclic) bond motifs is 6. The lowest BCUT2D eigenvalue weighted by Crippen LogP contribution is -2.14. The van der Waals surface area contributed by atoms with Gasteiger partial charge in [-0.2, -0.15) is 0 Å². The van der Waals surface area contributed by atoms with Crippen molar-refractivity contribution in [1.82, 2.24) is 0 Å². The highest BCUT2D eigenvalue weighted by atomic mass is 16.7. The number of hydrogen-bond donors (Lipinski definition) is 0.